The van der Waals surface area contributed by atoms with Gasteiger partial charge < -0.3 is 20.5 Å². The molecule has 182 valence electrons. The van der Waals surface area contributed by atoms with Crippen LogP contribution in [-0.2, 0) is 14.3 Å². The van der Waals surface area contributed by atoms with E-state index in [1.54, 1.807) is 0 Å². The molecule has 2 aromatic rings. The topological polar surface area (TPSA) is 105 Å². The summed E-state index contributed by atoms with van der Waals surface area (Å²) in [6.07, 6.45) is 2.02. The van der Waals surface area contributed by atoms with Crippen LogP contribution < -0.4 is 10.6 Å². The van der Waals surface area contributed by atoms with Crippen LogP contribution in [0.4, 0.5) is 4.79 Å². The first-order valence-electron chi connectivity index (χ1n) is 12.0. The molecule has 0 radical (unpaired) electrons. The number of alkyl carbamates (subject to hydrolysis) is 1. The molecule has 0 fully saturated rings. The Balaban J connectivity index is 1.33. The zero-order valence-corrected chi connectivity index (χ0v) is 19.9. The van der Waals surface area contributed by atoms with E-state index in [1.807, 2.05) is 38.1 Å². The molecule has 1 atom stereocenters. The second kappa shape index (κ2) is 12.2. The van der Waals surface area contributed by atoms with E-state index in [2.05, 4.69) is 34.9 Å². The molecule has 3 rings (SSSR count). The van der Waals surface area contributed by atoms with Crippen LogP contribution >= 0.6 is 0 Å². The van der Waals surface area contributed by atoms with Crippen LogP contribution in [0.5, 0.6) is 0 Å². The van der Waals surface area contributed by atoms with Crippen LogP contribution in [0.2, 0.25) is 0 Å². The van der Waals surface area contributed by atoms with Crippen LogP contribution in [0, 0.1) is 5.92 Å². The molecule has 7 nitrogen and oxygen atoms in total. The third kappa shape index (κ3) is 6.83. The van der Waals surface area contributed by atoms with E-state index in [4.69, 9.17) is 9.84 Å². The normalized spacial score (nSPS) is 13.1. The molecule has 7 heteroatoms. The van der Waals surface area contributed by atoms with Crippen molar-refractivity contribution in [3.05, 3.63) is 59.7 Å². The average molecular weight is 467 g/mol. The summed E-state index contributed by atoms with van der Waals surface area (Å²) in [6.45, 7) is 4.55. The summed E-state index contributed by atoms with van der Waals surface area (Å²) >= 11 is 0. The van der Waals surface area contributed by atoms with E-state index >= 15 is 0 Å². The van der Waals surface area contributed by atoms with Gasteiger partial charge in [0.05, 0.1) is 6.42 Å². The van der Waals surface area contributed by atoms with E-state index in [1.165, 1.54) is 22.3 Å². The van der Waals surface area contributed by atoms with Crippen molar-refractivity contribution in [3.8, 4) is 11.1 Å². The third-order valence-electron chi connectivity index (χ3n) is 6.24. The highest BCUT2D eigenvalue weighted by Crippen LogP contribution is 2.44. The maximum absolute atomic E-state index is 12.2. The zero-order chi connectivity index (χ0) is 24.5. The number of carbonyl (C=O) groups excluding carboxylic acids is 2. The van der Waals surface area contributed by atoms with E-state index in [-0.39, 0.29) is 36.8 Å². The molecule has 2 aromatic carbocycles. The Morgan fingerprint density at radius 3 is 2.15 bits per heavy atom. The van der Waals surface area contributed by atoms with Gasteiger partial charge in [0.15, 0.2) is 0 Å². The predicted molar refractivity (Wildman–Crippen MR) is 131 cm³/mol. The molecular formula is C27H34N2O5. The molecule has 0 saturated carbocycles. The lowest BCUT2D eigenvalue weighted by atomic mass is 9.98. The van der Waals surface area contributed by atoms with Crippen LogP contribution in [0.25, 0.3) is 11.1 Å². The maximum Gasteiger partial charge on any atom is 0.407 e. The van der Waals surface area contributed by atoms with Crippen molar-refractivity contribution in [1.82, 2.24) is 10.6 Å². The standard InChI is InChI=1S/C27H34N2O5/c1-18(2)24(16-26(31)32)29-25(30)14-4-3-9-15-28-27(33)34-17-23-21-12-7-5-10-19(21)20-11-6-8-13-22(20)23/h5-8,10-13,18,23-24H,3-4,9,14-17H2,1-2H3,(H,28,33)(H,29,30)(H,31,32)/t24-/m1/s1. The number of hydrogen-bond donors (Lipinski definition) is 3. The Labute approximate surface area is 200 Å². The lowest BCUT2D eigenvalue weighted by molar-refractivity contribution is -0.138. The van der Waals surface area contributed by atoms with Gasteiger partial charge in [-0.25, -0.2) is 4.79 Å². The molecule has 0 aliphatic heterocycles. The highest BCUT2D eigenvalue weighted by atomic mass is 16.5. The van der Waals surface area contributed by atoms with Crippen molar-refractivity contribution in [2.45, 2.75) is 57.9 Å². The number of carboxylic acids is 1. The number of hydrogen-bond acceptors (Lipinski definition) is 4. The van der Waals surface area contributed by atoms with Gasteiger partial charge in [-0.1, -0.05) is 68.8 Å². The van der Waals surface area contributed by atoms with Gasteiger partial charge >= 0.3 is 12.1 Å². The molecule has 0 spiro atoms. The van der Waals surface area contributed by atoms with Gasteiger partial charge in [-0.3, -0.25) is 9.59 Å². The summed E-state index contributed by atoms with van der Waals surface area (Å²) in [5.41, 5.74) is 4.74. The summed E-state index contributed by atoms with van der Waals surface area (Å²) in [4.78, 5) is 35.2. The average Bonchev–Trinajstić information content (AvgIpc) is 3.13. The number of benzene rings is 2. The third-order valence-corrected chi connectivity index (χ3v) is 6.24. The largest absolute Gasteiger partial charge is 0.481 e. The van der Waals surface area contributed by atoms with Gasteiger partial charge in [-0.2, -0.15) is 0 Å². The summed E-state index contributed by atoms with van der Waals surface area (Å²) in [6, 6.07) is 16.1. The number of amides is 2. The van der Waals surface area contributed by atoms with Gasteiger partial charge in [0.2, 0.25) is 5.91 Å². The molecule has 34 heavy (non-hydrogen) atoms. The lowest BCUT2D eigenvalue weighted by Gasteiger charge is -2.20. The van der Waals surface area contributed by atoms with Gasteiger partial charge in [0.1, 0.15) is 6.61 Å². The van der Waals surface area contributed by atoms with E-state index < -0.39 is 12.1 Å². The summed E-state index contributed by atoms with van der Waals surface area (Å²) in [5.74, 6) is -0.961. The smallest absolute Gasteiger partial charge is 0.407 e. The first kappa shape index (κ1) is 25.3. The first-order chi connectivity index (χ1) is 16.4. The van der Waals surface area contributed by atoms with Crippen molar-refractivity contribution in [2.75, 3.05) is 13.2 Å². The van der Waals surface area contributed by atoms with Crippen LogP contribution in [0.1, 0.15) is 63.0 Å². The monoisotopic (exact) mass is 466 g/mol. The van der Waals surface area contributed by atoms with Gasteiger partial charge in [-0.05, 0) is 41.0 Å². The number of rotatable bonds is 12. The van der Waals surface area contributed by atoms with Crippen molar-refractivity contribution in [1.29, 1.82) is 0 Å². The minimum Gasteiger partial charge on any atom is -0.481 e. The number of carbonyl (C=O) groups is 3. The molecule has 0 unspecified atom stereocenters. The molecule has 0 bridgehead atoms. The van der Waals surface area contributed by atoms with E-state index in [0.717, 1.165) is 12.8 Å². The number of ether oxygens (including phenoxy) is 1. The predicted octanol–water partition coefficient (Wildman–Crippen LogP) is 4.70. The van der Waals surface area contributed by atoms with Crippen LogP contribution in [0.15, 0.2) is 48.5 Å². The fourth-order valence-electron chi connectivity index (χ4n) is 4.35. The second-order valence-corrected chi connectivity index (χ2v) is 9.08. The summed E-state index contributed by atoms with van der Waals surface area (Å²) in [5, 5.41) is 14.5. The van der Waals surface area contributed by atoms with Crippen LogP contribution in [0.3, 0.4) is 0 Å². The van der Waals surface area contributed by atoms with Gasteiger partial charge in [0, 0.05) is 24.9 Å². The number of aliphatic carboxylic acids is 1. The van der Waals surface area contributed by atoms with Crippen molar-refractivity contribution in [2.24, 2.45) is 5.92 Å². The molecule has 0 heterocycles. The molecule has 1 aliphatic carbocycles. The Hall–Kier alpha value is -3.35. The Morgan fingerprint density at radius 1 is 0.941 bits per heavy atom. The lowest BCUT2D eigenvalue weighted by Crippen LogP contribution is -2.40. The Kier molecular flexibility index (Phi) is 9.08. The van der Waals surface area contributed by atoms with Gasteiger partial charge in [0.25, 0.3) is 0 Å². The molecule has 0 saturated heterocycles. The van der Waals surface area contributed by atoms with Gasteiger partial charge in [-0.15, -0.1) is 0 Å². The molecule has 0 aromatic heterocycles. The van der Waals surface area contributed by atoms with Crippen molar-refractivity contribution >= 4 is 18.0 Å². The summed E-state index contributed by atoms with van der Waals surface area (Å²) < 4.78 is 5.52. The Bertz CT molecular complexity index is 959. The fraction of sp³-hybridized carbons (Fsp3) is 0.444. The Morgan fingerprint density at radius 2 is 1.56 bits per heavy atom. The number of nitrogens with one attached hydrogen (secondary N) is 2. The molecule has 3 N–H and O–H groups in total. The highest BCUT2D eigenvalue weighted by molar-refractivity contribution is 5.79. The first-order valence-corrected chi connectivity index (χ1v) is 12.0. The summed E-state index contributed by atoms with van der Waals surface area (Å²) in [7, 11) is 0. The number of fused-ring (bicyclic) bond motifs is 3. The SMILES string of the molecule is CC(C)[C@@H](CC(=O)O)NC(=O)CCCCCNC(=O)OCC1c2ccccc2-c2ccccc21. The van der Waals surface area contributed by atoms with E-state index in [9.17, 15) is 14.4 Å². The number of unbranched alkanes of at least 4 members (excludes halogenated alkanes) is 2. The molecule has 1 aliphatic rings. The molecule has 2 amide bonds. The highest BCUT2D eigenvalue weighted by Gasteiger charge is 2.29. The fourth-order valence-corrected chi connectivity index (χ4v) is 4.35. The number of carboxylic acid groups (broad SMARTS) is 1. The second-order valence-electron chi connectivity index (χ2n) is 9.08. The quantitative estimate of drug-likeness (QED) is 0.393. The van der Waals surface area contributed by atoms with Crippen molar-refractivity contribution in [3.63, 3.8) is 0 Å². The molecular weight excluding hydrogens is 432 g/mol. The van der Waals surface area contributed by atoms with Crippen molar-refractivity contribution < 1.29 is 24.2 Å². The minimum absolute atomic E-state index is 0.0347. The maximum atomic E-state index is 12.2. The zero-order valence-electron chi connectivity index (χ0n) is 19.9. The minimum atomic E-state index is -0.918. The van der Waals surface area contributed by atoms with E-state index in [0.29, 0.717) is 19.4 Å². The van der Waals surface area contributed by atoms with Crippen LogP contribution in [-0.4, -0.2) is 42.3 Å².